The van der Waals surface area contributed by atoms with Crippen LogP contribution in [-0.2, 0) is 6.42 Å². The van der Waals surface area contributed by atoms with Crippen LogP contribution in [-0.4, -0.2) is 28.0 Å². The highest BCUT2D eigenvalue weighted by Gasteiger charge is 2.25. The Kier molecular flexibility index (Phi) is 5.73. The fourth-order valence-corrected chi connectivity index (χ4v) is 3.23. The van der Waals surface area contributed by atoms with Crippen molar-refractivity contribution in [3.8, 4) is 22.7 Å². The standard InChI is InChI=1S/C20H18Cl2N2O3/c1-3-4-17-18(20(25)26)19(12-5-10-15(21)16(22)11-12)23-24(17)13-6-8-14(27-2)9-7-13/h5-11H,3-4H2,1-2H3,(H,25,26). The highest BCUT2D eigenvalue weighted by Crippen LogP contribution is 2.33. The Hall–Kier alpha value is -2.50. The summed E-state index contributed by atoms with van der Waals surface area (Å²) in [7, 11) is 1.59. The molecule has 1 N–H and O–H groups in total. The van der Waals surface area contributed by atoms with E-state index < -0.39 is 5.97 Å². The van der Waals surface area contributed by atoms with Crippen molar-refractivity contribution in [3.63, 3.8) is 0 Å². The van der Waals surface area contributed by atoms with Gasteiger partial charge in [0.15, 0.2) is 0 Å². The van der Waals surface area contributed by atoms with Crippen molar-refractivity contribution in [1.82, 2.24) is 9.78 Å². The van der Waals surface area contributed by atoms with E-state index in [-0.39, 0.29) is 5.56 Å². The second-order valence-corrected chi connectivity index (χ2v) is 6.78. The molecule has 0 spiro atoms. The Bertz CT molecular complexity index is 982. The molecule has 0 amide bonds. The molecule has 5 nitrogen and oxygen atoms in total. The summed E-state index contributed by atoms with van der Waals surface area (Å²) < 4.78 is 6.86. The SMILES string of the molecule is CCCc1c(C(=O)O)c(-c2ccc(Cl)c(Cl)c2)nn1-c1ccc(OC)cc1. The number of rotatable bonds is 6. The predicted molar refractivity (Wildman–Crippen MR) is 107 cm³/mol. The molecule has 140 valence electrons. The molecular formula is C20H18Cl2N2O3. The van der Waals surface area contributed by atoms with Crippen LogP contribution in [0.15, 0.2) is 42.5 Å². The van der Waals surface area contributed by atoms with Crippen molar-refractivity contribution in [3.05, 3.63) is 63.8 Å². The number of hydrogen-bond donors (Lipinski definition) is 1. The van der Waals surface area contributed by atoms with Crippen LogP contribution >= 0.6 is 23.2 Å². The lowest BCUT2D eigenvalue weighted by atomic mass is 10.0. The van der Waals surface area contributed by atoms with Gasteiger partial charge in [-0.3, -0.25) is 0 Å². The van der Waals surface area contributed by atoms with Gasteiger partial charge < -0.3 is 9.84 Å². The number of aromatic nitrogens is 2. The molecule has 27 heavy (non-hydrogen) atoms. The van der Waals surface area contributed by atoms with E-state index in [1.165, 1.54) is 0 Å². The molecule has 0 saturated carbocycles. The minimum absolute atomic E-state index is 0.172. The molecule has 3 rings (SSSR count). The number of halogens is 2. The summed E-state index contributed by atoms with van der Waals surface area (Å²) in [5.41, 5.74) is 2.53. The Morgan fingerprint density at radius 2 is 1.85 bits per heavy atom. The normalized spacial score (nSPS) is 10.8. The zero-order valence-corrected chi connectivity index (χ0v) is 16.4. The van der Waals surface area contributed by atoms with Gasteiger partial charge in [0.1, 0.15) is 17.0 Å². The second kappa shape index (κ2) is 8.03. The highest BCUT2D eigenvalue weighted by molar-refractivity contribution is 6.42. The molecule has 0 unspecified atom stereocenters. The Balaban J connectivity index is 2.23. The lowest BCUT2D eigenvalue weighted by Crippen LogP contribution is -2.06. The zero-order chi connectivity index (χ0) is 19.6. The lowest BCUT2D eigenvalue weighted by Gasteiger charge is -2.08. The number of carbonyl (C=O) groups is 1. The number of aromatic carboxylic acids is 1. The average molecular weight is 405 g/mol. The molecule has 1 aromatic heterocycles. The molecule has 0 bridgehead atoms. The maximum Gasteiger partial charge on any atom is 0.339 e. The van der Waals surface area contributed by atoms with E-state index in [4.69, 9.17) is 27.9 Å². The van der Waals surface area contributed by atoms with Crippen molar-refractivity contribution in [2.45, 2.75) is 19.8 Å². The van der Waals surface area contributed by atoms with Crippen LogP contribution in [0.5, 0.6) is 5.75 Å². The molecule has 0 saturated heterocycles. The summed E-state index contributed by atoms with van der Waals surface area (Å²) >= 11 is 12.1. The lowest BCUT2D eigenvalue weighted by molar-refractivity contribution is 0.0696. The fraction of sp³-hybridized carbons (Fsp3) is 0.200. The van der Waals surface area contributed by atoms with Crippen molar-refractivity contribution in [1.29, 1.82) is 0 Å². The molecule has 0 fully saturated rings. The van der Waals surface area contributed by atoms with Crippen LogP contribution in [0, 0.1) is 0 Å². The van der Waals surface area contributed by atoms with Gasteiger partial charge in [-0.25, -0.2) is 9.48 Å². The minimum atomic E-state index is -1.03. The quantitative estimate of drug-likeness (QED) is 0.588. The molecule has 0 atom stereocenters. The predicted octanol–water partition coefficient (Wildman–Crippen LogP) is 5.51. The Morgan fingerprint density at radius 1 is 1.15 bits per heavy atom. The maximum atomic E-state index is 12.1. The summed E-state index contributed by atoms with van der Waals surface area (Å²) in [5.74, 6) is -0.314. The van der Waals surface area contributed by atoms with E-state index in [1.54, 1.807) is 30.0 Å². The second-order valence-electron chi connectivity index (χ2n) is 5.96. The largest absolute Gasteiger partial charge is 0.497 e. The summed E-state index contributed by atoms with van der Waals surface area (Å²) in [4.78, 5) is 12.1. The first-order valence-corrected chi connectivity index (χ1v) is 9.16. The van der Waals surface area contributed by atoms with Crippen molar-refractivity contribution >= 4 is 29.2 Å². The molecule has 2 aromatic carbocycles. The van der Waals surface area contributed by atoms with Crippen molar-refractivity contribution in [2.75, 3.05) is 7.11 Å². The third-order valence-corrected chi connectivity index (χ3v) is 4.93. The zero-order valence-electron chi connectivity index (χ0n) is 14.9. The Morgan fingerprint density at radius 3 is 2.41 bits per heavy atom. The monoisotopic (exact) mass is 404 g/mol. The van der Waals surface area contributed by atoms with Gasteiger partial charge in [0.25, 0.3) is 0 Å². The van der Waals surface area contributed by atoms with Gasteiger partial charge in [0.05, 0.1) is 28.5 Å². The summed E-state index contributed by atoms with van der Waals surface area (Å²) in [6.45, 7) is 2.00. The van der Waals surface area contributed by atoms with Crippen LogP contribution < -0.4 is 4.74 Å². The summed E-state index contributed by atoms with van der Waals surface area (Å²) in [6, 6.07) is 12.3. The van der Waals surface area contributed by atoms with Gasteiger partial charge in [0, 0.05) is 5.56 Å². The summed E-state index contributed by atoms with van der Waals surface area (Å²) in [6.07, 6.45) is 1.35. The van der Waals surface area contributed by atoms with E-state index in [0.29, 0.717) is 39.2 Å². The van der Waals surface area contributed by atoms with Gasteiger partial charge in [-0.1, -0.05) is 42.6 Å². The number of carboxylic acid groups (broad SMARTS) is 1. The molecule has 0 aliphatic heterocycles. The van der Waals surface area contributed by atoms with Gasteiger partial charge in [-0.2, -0.15) is 5.10 Å². The van der Waals surface area contributed by atoms with E-state index >= 15 is 0 Å². The first-order valence-electron chi connectivity index (χ1n) is 8.41. The molecule has 0 aliphatic carbocycles. The molecule has 3 aromatic rings. The first-order chi connectivity index (χ1) is 13.0. The fourth-order valence-electron chi connectivity index (χ4n) is 2.93. The Labute approximate surface area is 167 Å². The minimum Gasteiger partial charge on any atom is -0.497 e. The maximum absolute atomic E-state index is 12.1. The number of methoxy groups -OCH3 is 1. The summed E-state index contributed by atoms with van der Waals surface area (Å²) in [5, 5.41) is 15.2. The third-order valence-electron chi connectivity index (χ3n) is 4.19. The third kappa shape index (κ3) is 3.80. The van der Waals surface area contributed by atoms with Crippen molar-refractivity contribution < 1.29 is 14.6 Å². The molecule has 1 heterocycles. The van der Waals surface area contributed by atoms with Gasteiger partial charge in [-0.15, -0.1) is 0 Å². The van der Waals surface area contributed by atoms with Gasteiger partial charge in [0.2, 0.25) is 0 Å². The number of nitrogens with zero attached hydrogens (tertiary/aromatic N) is 2. The highest BCUT2D eigenvalue weighted by atomic mass is 35.5. The first kappa shape index (κ1) is 19.3. The molecule has 7 heteroatoms. The topological polar surface area (TPSA) is 64.3 Å². The van der Waals surface area contributed by atoms with Crippen molar-refractivity contribution in [2.24, 2.45) is 0 Å². The number of benzene rings is 2. The smallest absolute Gasteiger partial charge is 0.339 e. The van der Waals surface area contributed by atoms with E-state index in [1.807, 2.05) is 31.2 Å². The average Bonchev–Trinajstić information content (AvgIpc) is 3.04. The van der Waals surface area contributed by atoms with Crippen LogP contribution in [0.1, 0.15) is 29.4 Å². The number of ether oxygens (including phenoxy) is 1. The van der Waals surface area contributed by atoms with E-state index in [0.717, 1.165) is 12.1 Å². The number of hydrogen-bond acceptors (Lipinski definition) is 3. The van der Waals surface area contributed by atoms with Gasteiger partial charge in [-0.05, 0) is 42.8 Å². The van der Waals surface area contributed by atoms with E-state index in [9.17, 15) is 9.90 Å². The molecule has 0 radical (unpaired) electrons. The van der Waals surface area contributed by atoms with Crippen LogP contribution in [0.2, 0.25) is 10.0 Å². The van der Waals surface area contributed by atoms with Crippen LogP contribution in [0.4, 0.5) is 0 Å². The van der Waals surface area contributed by atoms with E-state index in [2.05, 4.69) is 5.10 Å². The van der Waals surface area contributed by atoms with Gasteiger partial charge >= 0.3 is 5.97 Å². The van der Waals surface area contributed by atoms with Crippen LogP contribution in [0.25, 0.3) is 16.9 Å². The number of carboxylic acids is 1. The molecular weight excluding hydrogens is 387 g/mol. The molecule has 0 aliphatic rings. The van der Waals surface area contributed by atoms with Crippen LogP contribution in [0.3, 0.4) is 0 Å².